The molecule has 1 aromatic heterocycles. The molecule has 0 unspecified atom stereocenters. The van der Waals surface area contributed by atoms with Gasteiger partial charge in [-0.05, 0) is 7.05 Å². The molecule has 18 heavy (non-hydrogen) atoms. The fourth-order valence-electron chi connectivity index (χ4n) is 1.45. The van der Waals surface area contributed by atoms with E-state index in [9.17, 15) is 8.78 Å². The average molecular weight is 254 g/mol. The fraction of sp³-hybridized carbons (Fsp3) is 0.250. The Kier molecular flexibility index (Phi) is 3.88. The highest BCUT2D eigenvalue weighted by Gasteiger charge is 2.06. The summed E-state index contributed by atoms with van der Waals surface area (Å²) in [6, 6.07) is 4.71. The maximum absolute atomic E-state index is 12.9. The second kappa shape index (κ2) is 5.59. The van der Waals surface area contributed by atoms with Crippen LogP contribution in [0, 0.1) is 11.6 Å². The van der Waals surface area contributed by atoms with Gasteiger partial charge in [-0.1, -0.05) is 5.16 Å². The maximum atomic E-state index is 12.9. The molecule has 0 radical (unpaired) electrons. The highest BCUT2D eigenvalue weighted by Crippen LogP contribution is 2.17. The van der Waals surface area contributed by atoms with E-state index in [2.05, 4.69) is 10.5 Å². The van der Waals surface area contributed by atoms with Crippen molar-refractivity contribution in [3.05, 3.63) is 47.4 Å². The lowest BCUT2D eigenvalue weighted by Gasteiger charge is -2.03. The van der Waals surface area contributed by atoms with Gasteiger partial charge in [-0.2, -0.15) is 0 Å². The van der Waals surface area contributed by atoms with Crippen molar-refractivity contribution in [2.24, 2.45) is 0 Å². The first-order valence-corrected chi connectivity index (χ1v) is 5.35. The molecule has 0 saturated heterocycles. The van der Waals surface area contributed by atoms with E-state index in [4.69, 9.17) is 9.26 Å². The zero-order valence-corrected chi connectivity index (χ0v) is 9.74. The van der Waals surface area contributed by atoms with E-state index in [1.54, 1.807) is 13.1 Å². The molecule has 0 amide bonds. The average Bonchev–Trinajstić information content (AvgIpc) is 2.74. The summed E-state index contributed by atoms with van der Waals surface area (Å²) in [4.78, 5) is 0. The van der Waals surface area contributed by atoms with Gasteiger partial charge in [0.05, 0.1) is 5.69 Å². The number of halogens is 2. The summed E-state index contributed by atoms with van der Waals surface area (Å²) in [7, 11) is 1.79. The van der Waals surface area contributed by atoms with Gasteiger partial charge in [-0.3, -0.25) is 0 Å². The van der Waals surface area contributed by atoms with Gasteiger partial charge in [0, 0.05) is 30.8 Å². The fourth-order valence-corrected chi connectivity index (χ4v) is 1.45. The lowest BCUT2D eigenvalue weighted by molar-refractivity contribution is 0.246. The molecule has 0 spiro atoms. The third-order valence-corrected chi connectivity index (χ3v) is 2.18. The Morgan fingerprint density at radius 3 is 2.61 bits per heavy atom. The molecule has 0 saturated carbocycles. The van der Waals surface area contributed by atoms with Crippen molar-refractivity contribution in [1.82, 2.24) is 10.5 Å². The van der Waals surface area contributed by atoms with Crippen LogP contribution in [0.3, 0.4) is 0 Å². The summed E-state index contributed by atoms with van der Waals surface area (Å²) in [6.07, 6.45) is 0. The quantitative estimate of drug-likeness (QED) is 0.889. The van der Waals surface area contributed by atoms with Gasteiger partial charge >= 0.3 is 0 Å². The predicted molar refractivity (Wildman–Crippen MR) is 60.0 cm³/mol. The minimum atomic E-state index is -0.682. The Labute approximate surface area is 103 Å². The van der Waals surface area contributed by atoms with Gasteiger partial charge in [0.2, 0.25) is 0 Å². The minimum absolute atomic E-state index is 0.0691. The first kappa shape index (κ1) is 12.5. The number of hydrogen-bond acceptors (Lipinski definition) is 4. The molecule has 6 heteroatoms. The Bertz CT molecular complexity index is 508. The number of aromatic nitrogens is 1. The topological polar surface area (TPSA) is 47.3 Å². The van der Waals surface area contributed by atoms with Crippen LogP contribution >= 0.6 is 0 Å². The van der Waals surface area contributed by atoms with Crippen molar-refractivity contribution in [3.8, 4) is 5.75 Å². The Hall–Kier alpha value is -1.95. The van der Waals surface area contributed by atoms with Gasteiger partial charge < -0.3 is 14.6 Å². The third kappa shape index (κ3) is 3.27. The van der Waals surface area contributed by atoms with Crippen LogP contribution in [0.4, 0.5) is 8.78 Å². The van der Waals surface area contributed by atoms with Crippen LogP contribution in [0.25, 0.3) is 0 Å². The van der Waals surface area contributed by atoms with Gasteiger partial charge in [0.15, 0.2) is 5.76 Å². The van der Waals surface area contributed by atoms with Gasteiger partial charge in [0.1, 0.15) is 24.0 Å². The summed E-state index contributed by atoms with van der Waals surface area (Å²) in [6.45, 7) is 0.650. The van der Waals surface area contributed by atoms with E-state index in [1.165, 1.54) is 0 Å². The standard InChI is InChI=1S/C12H12F2N2O2/c1-15-6-10-5-12(18-16-10)7-17-11-3-8(13)2-9(14)4-11/h2-5,15H,6-7H2,1H3. The third-order valence-electron chi connectivity index (χ3n) is 2.18. The van der Waals surface area contributed by atoms with E-state index in [0.717, 1.165) is 23.9 Å². The van der Waals surface area contributed by atoms with Crippen molar-refractivity contribution in [3.63, 3.8) is 0 Å². The van der Waals surface area contributed by atoms with Crippen LogP contribution in [0.1, 0.15) is 11.5 Å². The highest BCUT2D eigenvalue weighted by atomic mass is 19.1. The summed E-state index contributed by atoms with van der Waals surface area (Å²) >= 11 is 0. The number of nitrogens with zero attached hydrogens (tertiary/aromatic N) is 1. The predicted octanol–water partition coefficient (Wildman–Crippen LogP) is 2.25. The van der Waals surface area contributed by atoms with E-state index in [0.29, 0.717) is 12.3 Å². The Morgan fingerprint density at radius 2 is 1.94 bits per heavy atom. The molecule has 0 aliphatic carbocycles. The maximum Gasteiger partial charge on any atom is 0.174 e. The zero-order chi connectivity index (χ0) is 13.0. The van der Waals surface area contributed by atoms with E-state index in [-0.39, 0.29) is 12.4 Å². The number of rotatable bonds is 5. The molecule has 0 atom stereocenters. The van der Waals surface area contributed by atoms with Crippen LogP contribution in [0.2, 0.25) is 0 Å². The van der Waals surface area contributed by atoms with Gasteiger partial charge in [0.25, 0.3) is 0 Å². The Balaban J connectivity index is 1.97. The molecule has 1 heterocycles. The molecule has 2 rings (SSSR count). The van der Waals surface area contributed by atoms with Crippen molar-refractivity contribution in [2.45, 2.75) is 13.2 Å². The molecule has 1 N–H and O–H groups in total. The molecule has 1 aromatic carbocycles. The summed E-state index contributed by atoms with van der Waals surface area (Å²) in [5.74, 6) is -0.763. The van der Waals surface area contributed by atoms with Crippen LogP contribution in [-0.2, 0) is 13.2 Å². The first-order valence-electron chi connectivity index (χ1n) is 5.35. The van der Waals surface area contributed by atoms with Crippen molar-refractivity contribution in [1.29, 1.82) is 0 Å². The van der Waals surface area contributed by atoms with Crippen LogP contribution in [-0.4, -0.2) is 12.2 Å². The second-order valence-electron chi connectivity index (χ2n) is 3.71. The molecular formula is C12H12F2N2O2. The van der Waals surface area contributed by atoms with Crippen LogP contribution in [0.15, 0.2) is 28.8 Å². The summed E-state index contributed by atoms with van der Waals surface area (Å²) in [5, 5.41) is 6.71. The number of benzene rings is 1. The molecule has 0 aliphatic heterocycles. The summed E-state index contributed by atoms with van der Waals surface area (Å²) < 4.78 is 36.0. The monoisotopic (exact) mass is 254 g/mol. The zero-order valence-electron chi connectivity index (χ0n) is 9.74. The molecule has 96 valence electrons. The van der Waals surface area contributed by atoms with Crippen molar-refractivity contribution in [2.75, 3.05) is 7.05 Å². The smallest absolute Gasteiger partial charge is 0.174 e. The summed E-state index contributed by atoms with van der Waals surface area (Å²) in [5.41, 5.74) is 0.738. The second-order valence-corrected chi connectivity index (χ2v) is 3.71. The molecule has 0 fully saturated rings. The first-order chi connectivity index (χ1) is 8.67. The van der Waals surface area contributed by atoms with E-state index in [1.807, 2.05) is 0 Å². The molecule has 2 aromatic rings. The number of ether oxygens (including phenoxy) is 1. The Morgan fingerprint density at radius 1 is 1.22 bits per heavy atom. The lowest BCUT2D eigenvalue weighted by Crippen LogP contribution is -2.04. The molecule has 0 bridgehead atoms. The molecular weight excluding hydrogens is 242 g/mol. The van der Waals surface area contributed by atoms with Gasteiger partial charge in [-0.25, -0.2) is 8.78 Å². The largest absolute Gasteiger partial charge is 0.485 e. The van der Waals surface area contributed by atoms with Crippen molar-refractivity contribution >= 4 is 0 Å². The molecule has 0 aliphatic rings. The normalized spacial score (nSPS) is 10.6. The number of hydrogen-bond donors (Lipinski definition) is 1. The minimum Gasteiger partial charge on any atom is -0.485 e. The molecule has 4 nitrogen and oxygen atoms in total. The number of nitrogens with one attached hydrogen (secondary N) is 1. The highest BCUT2D eigenvalue weighted by molar-refractivity contribution is 5.24. The van der Waals surface area contributed by atoms with Crippen molar-refractivity contribution < 1.29 is 18.0 Å². The van der Waals surface area contributed by atoms with Crippen LogP contribution in [0.5, 0.6) is 5.75 Å². The van der Waals surface area contributed by atoms with Crippen LogP contribution < -0.4 is 10.1 Å². The SMILES string of the molecule is CNCc1cc(COc2cc(F)cc(F)c2)on1. The lowest BCUT2D eigenvalue weighted by atomic mass is 10.3. The van der Waals surface area contributed by atoms with E-state index >= 15 is 0 Å². The van der Waals surface area contributed by atoms with Gasteiger partial charge in [-0.15, -0.1) is 0 Å². The van der Waals surface area contributed by atoms with E-state index < -0.39 is 11.6 Å².